The molecule has 7 nitrogen and oxygen atoms in total. The lowest BCUT2D eigenvalue weighted by Crippen LogP contribution is -2.02. The van der Waals surface area contributed by atoms with E-state index in [0.717, 1.165) is 11.3 Å². The van der Waals surface area contributed by atoms with Gasteiger partial charge in [-0.05, 0) is 22.9 Å². The molecule has 2 heterocycles. The first-order chi connectivity index (χ1) is 9.36. The molecule has 2 aromatic heterocycles. The van der Waals surface area contributed by atoms with E-state index in [1.165, 1.54) is 0 Å². The Morgan fingerprint density at radius 3 is 3.11 bits per heavy atom. The van der Waals surface area contributed by atoms with Crippen molar-refractivity contribution in [1.82, 2.24) is 30.2 Å². The van der Waals surface area contributed by atoms with Gasteiger partial charge in [-0.1, -0.05) is 12.1 Å². The molecule has 0 aliphatic heterocycles. The molecule has 0 unspecified atom stereocenters. The Balaban J connectivity index is 1.89. The van der Waals surface area contributed by atoms with Crippen LogP contribution in [0.15, 0.2) is 36.7 Å². The van der Waals surface area contributed by atoms with Crippen LogP contribution in [0.4, 0.5) is 0 Å². The summed E-state index contributed by atoms with van der Waals surface area (Å²) in [4.78, 5) is 4.24. The summed E-state index contributed by atoms with van der Waals surface area (Å²) in [5, 5.41) is 13.8. The molecule has 0 saturated heterocycles. The summed E-state index contributed by atoms with van der Waals surface area (Å²) in [7, 11) is 1.65. The number of nitrogens with zero attached hydrogens (tertiary/aromatic N) is 5. The van der Waals surface area contributed by atoms with E-state index in [9.17, 15) is 0 Å². The average Bonchev–Trinajstić information content (AvgIpc) is 3.09. The van der Waals surface area contributed by atoms with Crippen molar-refractivity contribution in [3.8, 4) is 17.4 Å². The van der Waals surface area contributed by atoms with Crippen LogP contribution in [0.1, 0.15) is 5.56 Å². The molecule has 96 valence electrons. The zero-order chi connectivity index (χ0) is 13.1. The molecule has 0 spiro atoms. The highest BCUT2D eigenvalue weighted by molar-refractivity contribution is 5.42. The van der Waals surface area contributed by atoms with Gasteiger partial charge in [0.1, 0.15) is 5.75 Å². The van der Waals surface area contributed by atoms with E-state index in [-0.39, 0.29) is 0 Å². The van der Waals surface area contributed by atoms with Crippen LogP contribution in [-0.4, -0.2) is 37.3 Å². The zero-order valence-corrected chi connectivity index (χ0v) is 10.3. The van der Waals surface area contributed by atoms with Crippen LogP contribution in [0.5, 0.6) is 5.75 Å². The maximum Gasteiger partial charge on any atom is 0.240 e. The van der Waals surface area contributed by atoms with Crippen LogP contribution in [-0.2, 0) is 6.54 Å². The first-order valence-corrected chi connectivity index (χ1v) is 5.74. The first-order valence-electron chi connectivity index (χ1n) is 5.74. The molecule has 0 aliphatic carbocycles. The Morgan fingerprint density at radius 1 is 1.37 bits per heavy atom. The number of methoxy groups -OCH3 is 1. The topological polar surface area (TPSA) is 81.5 Å². The largest absolute Gasteiger partial charge is 0.497 e. The van der Waals surface area contributed by atoms with Crippen molar-refractivity contribution in [3.05, 3.63) is 42.2 Å². The molecule has 1 aromatic carbocycles. The van der Waals surface area contributed by atoms with Gasteiger partial charge in [0.15, 0.2) is 5.82 Å². The maximum absolute atomic E-state index is 5.21. The summed E-state index contributed by atoms with van der Waals surface area (Å²) in [6.45, 7) is 0.668. The molecule has 0 saturated carbocycles. The third-order valence-electron chi connectivity index (χ3n) is 2.75. The molecular formula is C12H12N6O. The Morgan fingerprint density at radius 2 is 2.32 bits per heavy atom. The molecule has 0 fully saturated rings. The third-order valence-corrected chi connectivity index (χ3v) is 2.75. The molecule has 3 aromatic rings. The highest BCUT2D eigenvalue weighted by Gasteiger charge is 2.10. The molecule has 7 heteroatoms. The Labute approximate surface area is 109 Å². The second-order valence-electron chi connectivity index (χ2n) is 3.97. The number of imidazole rings is 1. The third kappa shape index (κ3) is 2.30. The minimum Gasteiger partial charge on any atom is -0.497 e. The van der Waals surface area contributed by atoms with Crippen molar-refractivity contribution >= 4 is 0 Å². The molecule has 19 heavy (non-hydrogen) atoms. The van der Waals surface area contributed by atoms with Gasteiger partial charge >= 0.3 is 0 Å². The SMILES string of the molecule is COc1cccc(Cn2ccnc2-c2nn[nH]n2)c1. The lowest BCUT2D eigenvalue weighted by atomic mass is 10.2. The number of rotatable bonds is 4. The second kappa shape index (κ2) is 4.89. The number of hydrogen-bond acceptors (Lipinski definition) is 5. The van der Waals surface area contributed by atoms with Gasteiger partial charge in [-0.25, -0.2) is 4.98 Å². The summed E-state index contributed by atoms with van der Waals surface area (Å²) < 4.78 is 7.17. The lowest BCUT2D eigenvalue weighted by Gasteiger charge is -2.07. The molecule has 0 radical (unpaired) electrons. The van der Waals surface area contributed by atoms with Gasteiger partial charge in [0.25, 0.3) is 0 Å². The van der Waals surface area contributed by atoms with Crippen LogP contribution in [0.2, 0.25) is 0 Å². The van der Waals surface area contributed by atoms with Crippen LogP contribution in [0.3, 0.4) is 0 Å². The van der Waals surface area contributed by atoms with Crippen molar-refractivity contribution in [2.24, 2.45) is 0 Å². The van der Waals surface area contributed by atoms with E-state index < -0.39 is 0 Å². The summed E-state index contributed by atoms with van der Waals surface area (Å²) in [5.74, 6) is 1.99. The molecule has 0 aliphatic rings. The van der Waals surface area contributed by atoms with Crippen LogP contribution in [0, 0.1) is 0 Å². The van der Waals surface area contributed by atoms with Gasteiger partial charge < -0.3 is 9.30 Å². The van der Waals surface area contributed by atoms with Gasteiger partial charge in [-0.2, -0.15) is 5.21 Å². The van der Waals surface area contributed by atoms with Crippen LogP contribution >= 0.6 is 0 Å². The Kier molecular flexibility index (Phi) is 2.93. The quantitative estimate of drug-likeness (QED) is 0.756. The smallest absolute Gasteiger partial charge is 0.240 e. The van der Waals surface area contributed by atoms with E-state index in [4.69, 9.17) is 4.74 Å². The lowest BCUT2D eigenvalue weighted by molar-refractivity contribution is 0.414. The summed E-state index contributed by atoms with van der Waals surface area (Å²) in [5.41, 5.74) is 1.11. The summed E-state index contributed by atoms with van der Waals surface area (Å²) >= 11 is 0. The van der Waals surface area contributed by atoms with Gasteiger partial charge in [-0.15, -0.1) is 10.2 Å². The molecule has 3 rings (SSSR count). The minimum absolute atomic E-state index is 0.480. The number of ether oxygens (including phenoxy) is 1. The number of nitrogens with one attached hydrogen (secondary N) is 1. The van der Waals surface area contributed by atoms with Crippen molar-refractivity contribution in [2.45, 2.75) is 6.54 Å². The highest BCUT2D eigenvalue weighted by atomic mass is 16.5. The number of aromatic amines is 1. The zero-order valence-electron chi connectivity index (χ0n) is 10.3. The second-order valence-corrected chi connectivity index (χ2v) is 3.97. The standard InChI is InChI=1S/C12H12N6O/c1-19-10-4-2-3-9(7-10)8-18-6-5-13-12(18)11-14-16-17-15-11/h2-7H,8H2,1H3,(H,14,15,16,17). The molecule has 0 bridgehead atoms. The van der Waals surface area contributed by atoms with Gasteiger partial charge in [0, 0.05) is 18.9 Å². The molecule has 0 atom stereocenters. The first kappa shape index (κ1) is 11.4. The van der Waals surface area contributed by atoms with E-state index in [1.54, 1.807) is 13.3 Å². The fraction of sp³-hybridized carbons (Fsp3) is 0.167. The number of benzene rings is 1. The van der Waals surface area contributed by atoms with Crippen molar-refractivity contribution in [3.63, 3.8) is 0 Å². The Hall–Kier alpha value is -2.70. The average molecular weight is 256 g/mol. The summed E-state index contributed by atoms with van der Waals surface area (Å²) in [6, 6.07) is 7.89. The number of H-pyrrole nitrogens is 1. The van der Waals surface area contributed by atoms with Crippen LogP contribution in [0.25, 0.3) is 11.6 Å². The van der Waals surface area contributed by atoms with Crippen molar-refractivity contribution in [1.29, 1.82) is 0 Å². The molecule has 1 N–H and O–H groups in total. The van der Waals surface area contributed by atoms with E-state index in [2.05, 4.69) is 25.6 Å². The van der Waals surface area contributed by atoms with Gasteiger partial charge in [0.05, 0.1) is 7.11 Å². The fourth-order valence-corrected chi connectivity index (χ4v) is 1.87. The predicted molar refractivity (Wildman–Crippen MR) is 67.5 cm³/mol. The molecule has 0 amide bonds. The summed E-state index contributed by atoms with van der Waals surface area (Å²) in [6.07, 6.45) is 3.59. The predicted octanol–water partition coefficient (Wildman–Crippen LogP) is 1.12. The number of aromatic nitrogens is 6. The highest BCUT2D eigenvalue weighted by Crippen LogP contribution is 2.16. The van der Waals surface area contributed by atoms with Gasteiger partial charge in [-0.3, -0.25) is 0 Å². The van der Waals surface area contributed by atoms with E-state index in [0.29, 0.717) is 18.2 Å². The monoisotopic (exact) mass is 256 g/mol. The Bertz CT molecular complexity index is 660. The van der Waals surface area contributed by atoms with Crippen LogP contribution < -0.4 is 4.74 Å². The maximum atomic E-state index is 5.21. The van der Waals surface area contributed by atoms with Crippen molar-refractivity contribution in [2.75, 3.05) is 7.11 Å². The van der Waals surface area contributed by atoms with Gasteiger partial charge in [0.2, 0.25) is 5.82 Å². The fourth-order valence-electron chi connectivity index (χ4n) is 1.87. The van der Waals surface area contributed by atoms with E-state index >= 15 is 0 Å². The molecular weight excluding hydrogens is 244 g/mol. The van der Waals surface area contributed by atoms with Crippen molar-refractivity contribution < 1.29 is 4.74 Å². The minimum atomic E-state index is 0.480. The number of hydrogen-bond donors (Lipinski definition) is 1. The van der Waals surface area contributed by atoms with E-state index in [1.807, 2.05) is 35.0 Å². The number of tetrazole rings is 1. The normalized spacial score (nSPS) is 10.6.